The van der Waals surface area contributed by atoms with Crippen molar-refractivity contribution in [1.82, 2.24) is 10.2 Å². The molecule has 2 aromatic rings. The predicted molar refractivity (Wildman–Crippen MR) is 116 cm³/mol. The first-order chi connectivity index (χ1) is 12.9. The average Bonchev–Trinajstić information content (AvgIpc) is 2.66. The second kappa shape index (κ2) is 10.7. The summed E-state index contributed by atoms with van der Waals surface area (Å²) < 4.78 is 0.949. The number of likely N-dealkylation sites (N-methyl/N-ethyl adjacent to an activating group) is 1. The number of nitrogens with zero attached hydrogens (tertiary/aromatic N) is 1. The first-order valence-corrected chi connectivity index (χ1v) is 11.0. The smallest absolute Gasteiger partial charge is 0.253 e. The van der Waals surface area contributed by atoms with Crippen molar-refractivity contribution in [2.24, 2.45) is 0 Å². The number of hydrogen-bond acceptors (Lipinski definition) is 3. The molecule has 2 amide bonds. The van der Waals surface area contributed by atoms with Crippen molar-refractivity contribution in [2.75, 3.05) is 19.1 Å². The van der Waals surface area contributed by atoms with E-state index in [0.717, 1.165) is 15.8 Å². The van der Waals surface area contributed by atoms with Crippen LogP contribution < -0.4 is 5.32 Å². The monoisotopic (exact) mass is 468 g/mol. The summed E-state index contributed by atoms with van der Waals surface area (Å²) in [6.45, 7) is 0.456. The van der Waals surface area contributed by atoms with Gasteiger partial charge in [0.2, 0.25) is 5.91 Å². The number of nitrogens with one attached hydrogen (secondary N) is 1. The van der Waals surface area contributed by atoms with Gasteiger partial charge in [0.1, 0.15) is 6.04 Å². The van der Waals surface area contributed by atoms with Crippen LogP contribution in [0.25, 0.3) is 0 Å². The minimum absolute atomic E-state index is 0.125. The fourth-order valence-electron chi connectivity index (χ4n) is 2.60. The molecule has 144 valence electrons. The Kier molecular flexibility index (Phi) is 8.67. The maximum absolute atomic E-state index is 13.0. The van der Waals surface area contributed by atoms with Gasteiger partial charge in [0.15, 0.2) is 0 Å². The zero-order chi connectivity index (χ0) is 19.8. The second-order valence-electron chi connectivity index (χ2n) is 6.07. The van der Waals surface area contributed by atoms with E-state index in [1.54, 1.807) is 48.0 Å². The summed E-state index contributed by atoms with van der Waals surface area (Å²) >= 11 is 11.3. The summed E-state index contributed by atoms with van der Waals surface area (Å²) in [6.07, 6.45) is 2.53. The van der Waals surface area contributed by atoms with Gasteiger partial charge in [0.05, 0.1) is 10.6 Å². The molecule has 0 aromatic heterocycles. The van der Waals surface area contributed by atoms with E-state index in [2.05, 4.69) is 21.2 Å². The Morgan fingerprint density at radius 1 is 1.19 bits per heavy atom. The van der Waals surface area contributed by atoms with Crippen molar-refractivity contribution < 1.29 is 9.59 Å². The molecule has 0 spiro atoms. The molecule has 0 bridgehead atoms. The lowest BCUT2D eigenvalue weighted by molar-refractivity contribution is -0.132. The minimum atomic E-state index is -0.603. The predicted octanol–water partition coefficient (Wildman–Crippen LogP) is 4.61. The molecule has 0 aliphatic rings. The van der Waals surface area contributed by atoms with Crippen LogP contribution in [-0.4, -0.2) is 41.8 Å². The van der Waals surface area contributed by atoms with Crippen LogP contribution in [0.4, 0.5) is 0 Å². The van der Waals surface area contributed by atoms with Gasteiger partial charge >= 0.3 is 0 Å². The zero-order valence-corrected chi connectivity index (χ0v) is 18.4. The van der Waals surface area contributed by atoms with E-state index in [1.807, 2.05) is 30.5 Å². The molecule has 2 rings (SSSR count). The van der Waals surface area contributed by atoms with Crippen molar-refractivity contribution in [3.05, 3.63) is 69.2 Å². The van der Waals surface area contributed by atoms with E-state index < -0.39 is 6.04 Å². The van der Waals surface area contributed by atoms with E-state index in [4.69, 9.17) is 11.6 Å². The lowest BCUT2D eigenvalue weighted by Crippen LogP contribution is -2.47. The molecule has 1 unspecified atom stereocenters. The molecule has 7 heteroatoms. The molecule has 1 N–H and O–H groups in total. The van der Waals surface area contributed by atoms with Crippen LogP contribution in [0.15, 0.2) is 53.0 Å². The fourth-order valence-corrected chi connectivity index (χ4v) is 3.70. The van der Waals surface area contributed by atoms with E-state index in [0.29, 0.717) is 23.6 Å². The Morgan fingerprint density at radius 2 is 1.85 bits per heavy atom. The Labute approximate surface area is 177 Å². The highest BCUT2D eigenvalue weighted by atomic mass is 79.9. The van der Waals surface area contributed by atoms with Gasteiger partial charge < -0.3 is 10.2 Å². The lowest BCUT2D eigenvalue weighted by Gasteiger charge is -2.25. The molecule has 4 nitrogen and oxygen atoms in total. The maximum Gasteiger partial charge on any atom is 0.253 e. The van der Waals surface area contributed by atoms with Crippen molar-refractivity contribution in [3.63, 3.8) is 0 Å². The highest BCUT2D eigenvalue weighted by molar-refractivity contribution is 9.10. The SMILES string of the molecule is CSCCC(NC(=O)c1ccccc1Cl)C(=O)N(C)Cc1ccccc1Br. The highest BCUT2D eigenvalue weighted by Gasteiger charge is 2.25. The minimum Gasteiger partial charge on any atom is -0.340 e. The number of carbonyl (C=O) groups excluding carboxylic acids is 2. The van der Waals surface area contributed by atoms with Gasteiger partial charge in [-0.2, -0.15) is 11.8 Å². The summed E-state index contributed by atoms with van der Waals surface area (Å²) in [6, 6.07) is 14.0. The molecule has 1 atom stereocenters. The van der Waals surface area contributed by atoms with Crippen molar-refractivity contribution in [3.8, 4) is 0 Å². The Hall–Kier alpha value is -1.50. The number of amides is 2. The molecule has 2 aromatic carbocycles. The highest BCUT2D eigenvalue weighted by Crippen LogP contribution is 2.19. The van der Waals surface area contributed by atoms with Gasteiger partial charge in [-0.3, -0.25) is 9.59 Å². The molecule has 0 saturated heterocycles. The maximum atomic E-state index is 13.0. The zero-order valence-electron chi connectivity index (χ0n) is 15.2. The third kappa shape index (κ3) is 6.26. The third-order valence-electron chi connectivity index (χ3n) is 4.07. The second-order valence-corrected chi connectivity index (χ2v) is 8.32. The van der Waals surface area contributed by atoms with Gasteiger partial charge in [-0.25, -0.2) is 0 Å². The summed E-state index contributed by atoms with van der Waals surface area (Å²) in [5.41, 5.74) is 1.38. The summed E-state index contributed by atoms with van der Waals surface area (Å²) in [7, 11) is 1.75. The van der Waals surface area contributed by atoms with Gasteiger partial charge in [0.25, 0.3) is 5.91 Å². The first kappa shape index (κ1) is 21.8. The van der Waals surface area contributed by atoms with Gasteiger partial charge in [-0.05, 0) is 42.2 Å². The molecular formula is C20H22BrClN2O2S. The molecular weight excluding hydrogens is 448 g/mol. The number of halogens is 2. The molecule has 27 heavy (non-hydrogen) atoms. The molecule has 0 saturated carbocycles. The van der Waals surface area contributed by atoms with Crippen LogP contribution in [0.1, 0.15) is 22.3 Å². The van der Waals surface area contributed by atoms with E-state index >= 15 is 0 Å². The van der Waals surface area contributed by atoms with E-state index in [9.17, 15) is 9.59 Å². The van der Waals surface area contributed by atoms with Crippen LogP contribution in [0.2, 0.25) is 5.02 Å². The van der Waals surface area contributed by atoms with Crippen LogP contribution in [0.3, 0.4) is 0 Å². The largest absolute Gasteiger partial charge is 0.340 e. The molecule has 0 aliphatic heterocycles. The van der Waals surface area contributed by atoms with Gasteiger partial charge in [-0.1, -0.05) is 57.9 Å². The summed E-state index contributed by atoms with van der Waals surface area (Å²) in [4.78, 5) is 27.2. The fraction of sp³-hybridized carbons (Fsp3) is 0.300. The average molecular weight is 470 g/mol. The van der Waals surface area contributed by atoms with Crippen LogP contribution in [0.5, 0.6) is 0 Å². The van der Waals surface area contributed by atoms with Crippen molar-refractivity contribution >= 4 is 51.1 Å². The molecule has 0 aliphatic carbocycles. The normalized spacial score (nSPS) is 11.7. The Balaban J connectivity index is 2.12. The molecule has 0 fully saturated rings. The number of thioether (sulfide) groups is 1. The van der Waals surface area contributed by atoms with E-state index in [1.165, 1.54) is 0 Å². The number of benzene rings is 2. The Morgan fingerprint density at radius 3 is 2.52 bits per heavy atom. The Bertz CT molecular complexity index is 803. The van der Waals surface area contributed by atoms with Crippen LogP contribution in [0, 0.1) is 0 Å². The summed E-state index contributed by atoms with van der Waals surface area (Å²) in [5.74, 6) is 0.303. The van der Waals surface area contributed by atoms with E-state index in [-0.39, 0.29) is 11.8 Å². The van der Waals surface area contributed by atoms with Crippen molar-refractivity contribution in [2.45, 2.75) is 19.0 Å². The quantitative estimate of drug-likeness (QED) is 0.614. The third-order valence-corrected chi connectivity index (χ3v) is 5.82. The number of rotatable bonds is 8. The van der Waals surface area contributed by atoms with Crippen LogP contribution in [-0.2, 0) is 11.3 Å². The van der Waals surface area contributed by atoms with Gasteiger partial charge in [0, 0.05) is 18.1 Å². The first-order valence-electron chi connectivity index (χ1n) is 8.46. The summed E-state index contributed by atoms with van der Waals surface area (Å²) in [5, 5.41) is 3.22. The van der Waals surface area contributed by atoms with Crippen LogP contribution >= 0.6 is 39.3 Å². The lowest BCUT2D eigenvalue weighted by atomic mass is 10.1. The molecule has 0 heterocycles. The van der Waals surface area contributed by atoms with Crippen molar-refractivity contribution in [1.29, 1.82) is 0 Å². The number of hydrogen-bond donors (Lipinski definition) is 1. The number of carbonyl (C=O) groups is 2. The molecule has 0 radical (unpaired) electrons. The topological polar surface area (TPSA) is 49.4 Å². The van der Waals surface area contributed by atoms with Gasteiger partial charge in [-0.15, -0.1) is 0 Å². The standard InChI is InChI=1S/C20H22BrClN2O2S/c1-24(13-14-7-3-5-9-16(14)21)20(26)18(11-12-27-2)23-19(25)15-8-4-6-10-17(15)22/h3-10,18H,11-13H2,1-2H3,(H,23,25).